The molecule has 3 aromatic rings. The minimum atomic E-state index is -0.433. The predicted octanol–water partition coefficient (Wildman–Crippen LogP) is 4.91. The summed E-state index contributed by atoms with van der Waals surface area (Å²) < 4.78 is 19.1. The molecular formula is C18H16BrFN4O2. The number of carbonyl (C=O) groups excluding carboxylic acids is 1. The lowest BCUT2D eigenvalue weighted by atomic mass is 10.2. The zero-order valence-electron chi connectivity index (χ0n) is 13.9. The molecule has 0 spiro atoms. The molecular weight excluding hydrogens is 403 g/mol. The highest BCUT2D eigenvalue weighted by Gasteiger charge is 2.19. The maximum absolute atomic E-state index is 12.9. The van der Waals surface area contributed by atoms with Gasteiger partial charge in [-0.25, -0.2) is 9.18 Å². The van der Waals surface area contributed by atoms with Crippen LogP contribution in [0.25, 0.3) is 11.5 Å². The molecule has 1 aromatic heterocycles. The number of aromatic nitrogens is 2. The van der Waals surface area contributed by atoms with Crippen LogP contribution in [0.4, 0.5) is 14.9 Å². The van der Waals surface area contributed by atoms with Gasteiger partial charge in [-0.2, -0.15) is 4.98 Å². The van der Waals surface area contributed by atoms with E-state index in [1.54, 1.807) is 0 Å². The van der Waals surface area contributed by atoms with Gasteiger partial charge >= 0.3 is 6.03 Å². The van der Waals surface area contributed by atoms with Gasteiger partial charge in [0.1, 0.15) is 5.82 Å². The largest absolute Gasteiger partial charge is 0.334 e. The van der Waals surface area contributed by atoms with Crippen LogP contribution in [0.15, 0.2) is 57.5 Å². The van der Waals surface area contributed by atoms with Crippen molar-refractivity contribution in [3.8, 4) is 11.5 Å². The van der Waals surface area contributed by atoms with E-state index in [1.807, 2.05) is 31.2 Å². The fraction of sp³-hybridized carbons (Fsp3) is 0.167. The Morgan fingerprint density at radius 1 is 1.27 bits per heavy atom. The molecule has 0 saturated heterocycles. The van der Waals surface area contributed by atoms with Crippen molar-refractivity contribution < 1.29 is 13.7 Å². The van der Waals surface area contributed by atoms with Crippen molar-refractivity contribution in [3.05, 3.63) is 64.6 Å². The lowest BCUT2D eigenvalue weighted by Crippen LogP contribution is -2.32. The zero-order valence-corrected chi connectivity index (χ0v) is 15.5. The van der Waals surface area contributed by atoms with Crippen LogP contribution in [0.1, 0.15) is 25.2 Å². The van der Waals surface area contributed by atoms with Crippen molar-refractivity contribution in [2.24, 2.45) is 0 Å². The standard InChI is InChI=1S/C18H16BrFN4O2/c1-2-15(22-18(25)21-14-8-6-13(20)7-9-14)16-23-17(26-24-16)11-4-3-5-12(19)10-11/h3-10,15H,2H2,1H3,(H2,21,22,25)/t15-/m1/s1. The number of carbonyl (C=O) groups is 1. The summed E-state index contributed by atoms with van der Waals surface area (Å²) in [6, 6.07) is 12.2. The highest BCUT2D eigenvalue weighted by molar-refractivity contribution is 9.10. The average molecular weight is 419 g/mol. The highest BCUT2D eigenvalue weighted by atomic mass is 79.9. The maximum atomic E-state index is 12.9. The van der Waals surface area contributed by atoms with E-state index < -0.39 is 12.1 Å². The Labute approximate surface area is 157 Å². The molecule has 0 aliphatic carbocycles. The van der Waals surface area contributed by atoms with Crippen molar-refractivity contribution in [2.75, 3.05) is 5.32 Å². The van der Waals surface area contributed by atoms with Gasteiger partial charge in [-0.3, -0.25) is 0 Å². The van der Waals surface area contributed by atoms with Gasteiger partial charge in [-0.1, -0.05) is 34.1 Å². The quantitative estimate of drug-likeness (QED) is 0.616. The number of amides is 2. The molecule has 3 rings (SSSR count). The van der Waals surface area contributed by atoms with Crippen molar-refractivity contribution in [1.29, 1.82) is 0 Å². The zero-order chi connectivity index (χ0) is 18.5. The Bertz CT molecular complexity index is 898. The van der Waals surface area contributed by atoms with E-state index in [0.717, 1.165) is 10.0 Å². The summed E-state index contributed by atoms with van der Waals surface area (Å²) in [5.41, 5.74) is 1.27. The second kappa shape index (κ2) is 8.09. The first-order valence-corrected chi connectivity index (χ1v) is 8.77. The van der Waals surface area contributed by atoms with Crippen molar-refractivity contribution in [3.63, 3.8) is 0 Å². The fourth-order valence-corrected chi connectivity index (χ4v) is 2.72. The number of urea groups is 1. The Balaban J connectivity index is 1.69. The molecule has 2 aromatic carbocycles. The molecule has 2 amide bonds. The predicted molar refractivity (Wildman–Crippen MR) is 99.0 cm³/mol. The van der Waals surface area contributed by atoms with Gasteiger partial charge in [0.25, 0.3) is 5.89 Å². The molecule has 0 saturated carbocycles. The summed E-state index contributed by atoms with van der Waals surface area (Å²) in [5.74, 6) is 0.395. The van der Waals surface area contributed by atoms with E-state index in [9.17, 15) is 9.18 Å². The summed E-state index contributed by atoms with van der Waals surface area (Å²) in [4.78, 5) is 16.5. The van der Waals surface area contributed by atoms with Crippen LogP contribution < -0.4 is 10.6 Å². The SMILES string of the molecule is CC[C@@H](NC(=O)Nc1ccc(F)cc1)c1noc(-c2cccc(Br)c2)n1. The molecule has 6 nitrogen and oxygen atoms in total. The number of benzene rings is 2. The Kier molecular flexibility index (Phi) is 5.62. The van der Waals surface area contributed by atoms with Gasteiger partial charge in [0.2, 0.25) is 0 Å². The molecule has 0 fully saturated rings. The van der Waals surface area contributed by atoms with Crippen molar-refractivity contribution in [2.45, 2.75) is 19.4 Å². The molecule has 26 heavy (non-hydrogen) atoms. The number of rotatable bonds is 5. The molecule has 0 unspecified atom stereocenters. The number of halogens is 2. The molecule has 2 N–H and O–H groups in total. The topological polar surface area (TPSA) is 80.0 Å². The van der Waals surface area contributed by atoms with Crippen LogP contribution in [0.5, 0.6) is 0 Å². The second-order valence-electron chi connectivity index (χ2n) is 5.53. The number of nitrogens with one attached hydrogen (secondary N) is 2. The lowest BCUT2D eigenvalue weighted by Gasteiger charge is -2.14. The van der Waals surface area contributed by atoms with Crippen LogP contribution in [0.2, 0.25) is 0 Å². The Morgan fingerprint density at radius 2 is 2.04 bits per heavy atom. The second-order valence-corrected chi connectivity index (χ2v) is 6.45. The smallest absolute Gasteiger partial charge is 0.319 e. The molecule has 0 aliphatic heterocycles. The van der Waals surface area contributed by atoms with E-state index in [1.165, 1.54) is 24.3 Å². The van der Waals surface area contributed by atoms with Gasteiger partial charge in [0.05, 0.1) is 6.04 Å². The summed E-state index contributed by atoms with van der Waals surface area (Å²) in [5, 5.41) is 9.40. The molecule has 1 atom stereocenters. The third-order valence-corrected chi connectivity index (χ3v) is 4.13. The van der Waals surface area contributed by atoms with Gasteiger partial charge in [0.15, 0.2) is 5.82 Å². The molecule has 134 valence electrons. The van der Waals surface area contributed by atoms with Crippen LogP contribution in [-0.4, -0.2) is 16.2 Å². The monoisotopic (exact) mass is 418 g/mol. The van der Waals surface area contributed by atoms with Crippen LogP contribution in [-0.2, 0) is 0 Å². The third-order valence-electron chi connectivity index (χ3n) is 3.64. The number of anilines is 1. The van der Waals surface area contributed by atoms with Gasteiger partial charge in [-0.15, -0.1) is 0 Å². The van der Waals surface area contributed by atoms with E-state index in [2.05, 4.69) is 36.7 Å². The summed E-state index contributed by atoms with van der Waals surface area (Å²) in [6.45, 7) is 1.90. The fourth-order valence-electron chi connectivity index (χ4n) is 2.32. The van der Waals surface area contributed by atoms with Crippen LogP contribution in [0, 0.1) is 5.82 Å². The highest BCUT2D eigenvalue weighted by Crippen LogP contribution is 2.23. The summed E-state index contributed by atoms with van der Waals surface area (Å²) >= 11 is 3.40. The van der Waals surface area contributed by atoms with Crippen molar-refractivity contribution >= 4 is 27.6 Å². The normalized spacial score (nSPS) is 11.8. The van der Waals surface area contributed by atoms with Gasteiger partial charge < -0.3 is 15.2 Å². The van der Waals surface area contributed by atoms with Crippen molar-refractivity contribution in [1.82, 2.24) is 15.5 Å². The lowest BCUT2D eigenvalue weighted by molar-refractivity contribution is 0.247. The minimum Gasteiger partial charge on any atom is -0.334 e. The molecule has 1 heterocycles. The third kappa shape index (κ3) is 4.45. The molecule has 0 bridgehead atoms. The number of hydrogen-bond acceptors (Lipinski definition) is 4. The van der Waals surface area contributed by atoms with Crippen LogP contribution in [0.3, 0.4) is 0 Å². The minimum absolute atomic E-state index is 0.366. The first-order chi connectivity index (χ1) is 12.5. The van der Waals surface area contributed by atoms with Gasteiger partial charge in [-0.05, 0) is 48.9 Å². The van der Waals surface area contributed by atoms with E-state index >= 15 is 0 Å². The summed E-state index contributed by atoms with van der Waals surface area (Å²) in [7, 11) is 0. The maximum Gasteiger partial charge on any atom is 0.319 e. The summed E-state index contributed by atoms with van der Waals surface area (Å²) in [6.07, 6.45) is 0.578. The van der Waals surface area contributed by atoms with E-state index in [0.29, 0.717) is 23.8 Å². The van der Waals surface area contributed by atoms with E-state index in [4.69, 9.17) is 4.52 Å². The first kappa shape index (κ1) is 18.1. The number of nitrogens with zero attached hydrogens (tertiary/aromatic N) is 2. The van der Waals surface area contributed by atoms with E-state index in [-0.39, 0.29) is 5.82 Å². The van der Waals surface area contributed by atoms with Gasteiger partial charge in [0, 0.05) is 15.7 Å². The molecule has 0 aliphatic rings. The molecule has 8 heteroatoms. The Hall–Kier alpha value is -2.74. The molecule has 0 radical (unpaired) electrons. The Morgan fingerprint density at radius 3 is 2.73 bits per heavy atom. The number of hydrogen-bond donors (Lipinski definition) is 2. The first-order valence-electron chi connectivity index (χ1n) is 7.98. The average Bonchev–Trinajstić information content (AvgIpc) is 3.12. The van der Waals surface area contributed by atoms with Crippen LogP contribution >= 0.6 is 15.9 Å².